The van der Waals surface area contributed by atoms with Gasteiger partial charge in [0, 0.05) is 13.2 Å². The molecule has 0 aliphatic rings. The van der Waals surface area contributed by atoms with Gasteiger partial charge in [0.2, 0.25) is 0 Å². The Morgan fingerprint density at radius 2 is 1.81 bits per heavy atom. The van der Waals surface area contributed by atoms with Crippen LogP contribution in [0, 0.1) is 0 Å². The van der Waals surface area contributed by atoms with Gasteiger partial charge in [-0.3, -0.25) is 0 Å². The smallest absolute Gasteiger partial charge is 0.396 e. The van der Waals surface area contributed by atoms with Crippen molar-refractivity contribution in [3.05, 3.63) is 0 Å². The maximum atomic E-state index is 12.5. The zero-order valence-electron chi connectivity index (χ0n) is 9.72. The molecule has 0 amide bonds. The Kier molecular flexibility index (Phi) is 8.66. The number of alkyl halides is 3. The molecule has 1 N–H and O–H groups in total. The van der Waals surface area contributed by atoms with Gasteiger partial charge in [0.25, 0.3) is 0 Å². The average molecular weight is 242 g/mol. The fraction of sp³-hybridized carbons (Fsp3) is 1.00. The first kappa shape index (κ1) is 15.7. The van der Waals surface area contributed by atoms with E-state index in [0.717, 1.165) is 19.3 Å². The molecule has 0 unspecified atom stereocenters. The molecular formula is C11H21F3O2. The van der Waals surface area contributed by atoms with Crippen LogP contribution in [0.5, 0.6) is 0 Å². The fourth-order valence-corrected chi connectivity index (χ4v) is 1.39. The van der Waals surface area contributed by atoms with Crippen LogP contribution in [0.1, 0.15) is 45.4 Å². The standard InChI is InChI=1S/C11H21F3O2/c1-2-3-4-5-7-10(11(12,13)14)16-9-6-8-15/h10,15H,2-9H2,1H3/t10-/m1/s1. The van der Waals surface area contributed by atoms with Gasteiger partial charge in [-0.25, -0.2) is 0 Å². The summed E-state index contributed by atoms with van der Waals surface area (Å²) >= 11 is 0. The first-order chi connectivity index (χ1) is 7.52. The van der Waals surface area contributed by atoms with Crippen molar-refractivity contribution in [3.63, 3.8) is 0 Å². The molecule has 0 aliphatic carbocycles. The van der Waals surface area contributed by atoms with Gasteiger partial charge in [-0.1, -0.05) is 32.6 Å². The normalized spacial score (nSPS) is 14.1. The van der Waals surface area contributed by atoms with E-state index in [1.54, 1.807) is 0 Å². The van der Waals surface area contributed by atoms with Crippen molar-refractivity contribution in [2.75, 3.05) is 13.2 Å². The molecule has 16 heavy (non-hydrogen) atoms. The summed E-state index contributed by atoms with van der Waals surface area (Å²) in [5.74, 6) is 0. The first-order valence-electron chi connectivity index (χ1n) is 5.81. The second-order valence-corrected chi connectivity index (χ2v) is 3.83. The van der Waals surface area contributed by atoms with E-state index in [-0.39, 0.29) is 26.1 Å². The summed E-state index contributed by atoms with van der Waals surface area (Å²) in [5, 5.41) is 8.47. The summed E-state index contributed by atoms with van der Waals surface area (Å²) in [5.41, 5.74) is 0. The van der Waals surface area contributed by atoms with Gasteiger partial charge < -0.3 is 9.84 Å². The molecule has 1 atom stereocenters. The maximum Gasteiger partial charge on any atom is 0.414 e. The van der Waals surface area contributed by atoms with Crippen LogP contribution in [-0.2, 0) is 4.74 Å². The minimum atomic E-state index is -4.29. The van der Waals surface area contributed by atoms with Gasteiger partial charge in [-0.2, -0.15) is 13.2 Å². The molecule has 0 heterocycles. The van der Waals surface area contributed by atoms with E-state index in [0.29, 0.717) is 6.42 Å². The Morgan fingerprint density at radius 1 is 1.12 bits per heavy atom. The molecule has 0 fully saturated rings. The third-order valence-corrected chi connectivity index (χ3v) is 2.31. The van der Waals surface area contributed by atoms with Crippen LogP contribution in [-0.4, -0.2) is 30.6 Å². The quantitative estimate of drug-likeness (QED) is 0.629. The number of hydrogen-bond acceptors (Lipinski definition) is 2. The van der Waals surface area contributed by atoms with Gasteiger partial charge in [-0.05, 0) is 12.8 Å². The van der Waals surface area contributed by atoms with Crippen molar-refractivity contribution in [1.82, 2.24) is 0 Å². The monoisotopic (exact) mass is 242 g/mol. The zero-order valence-corrected chi connectivity index (χ0v) is 9.72. The minimum Gasteiger partial charge on any atom is -0.396 e. The van der Waals surface area contributed by atoms with Crippen LogP contribution in [0.4, 0.5) is 13.2 Å². The SMILES string of the molecule is CCCCCC[C@@H](OCCCO)C(F)(F)F. The molecule has 5 heteroatoms. The summed E-state index contributed by atoms with van der Waals surface area (Å²) in [6.45, 7) is 1.84. The molecule has 0 saturated heterocycles. The van der Waals surface area contributed by atoms with Crippen LogP contribution in [0.2, 0.25) is 0 Å². The van der Waals surface area contributed by atoms with Crippen LogP contribution < -0.4 is 0 Å². The lowest BCUT2D eigenvalue weighted by atomic mass is 10.1. The van der Waals surface area contributed by atoms with E-state index in [4.69, 9.17) is 9.84 Å². The maximum absolute atomic E-state index is 12.5. The summed E-state index contributed by atoms with van der Waals surface area (Å²) in [7, 11) is 0. The summed E-state index contributed by atoms with van der Waals surface area (Å²) in [4.78, 5) is 0. The molecule has 0 bridgehead atoms. The van der Waals surface area contributed by atoms with Crippen LogP contribution in [0.15, 0.2) is 0 Å². The summed E-state index contributed by atoms with van der Waals surface area (Å²) in [6.07, 6.45) is -2.37. The molecule has 0 rings (SSSR count). The second-order valence-electron chi connectivity index (χ2n) is 3.83. The largest absolute Gasteiger partial charge is 0.414 e. The van der Waals surface area contributed by atoms with Gasteiger partial charge in [0.1, 0.15) is 0 Å². The zero-order chi connectivity index (χ0) is 12.4. The Hall–Kier alpha value is -0.290. The lowest BCUT2D eigenvalue weighted by Gasteiger charge is -2.20. The lowest BCUT2D eigenvalue weighted by Crippen LogP contribution is -2.32. The number of aliphatic hydroxyl groups excluding tert-OH is 1. The Morgan fingerprint density at radius 3 is 2.31 bits per heavy atom. The number of hydrogen-bond donors (Lipinski definition) is 1. The van der Waals surface area contributed by atoms with E-state index in [1.807, 2.05) is 6.92 Å². The van der Waals surface area contributed by atoms with Gasteiger partial charge in [0.05, 0.1) is 0 Å². The number of ether oxygens (including phenoxy) is 1. The molecule has 2 nitrogen and oxygen atoms in total. The molecule has 0 aliphatic heterocycles. The molecule has 0 aromatic rings. The third kappa shape index (κ3) is 7.93. The van der Waals surface area contributed by atoms with Crippen LogP contribution in [0.3, 0.4) is 0 Å². The van der Waals surface area contributed by atoms with E-state index >= 15 is 0 Å². The van der Waals surface area contributed by atoms with Crippen LogP contribution >= 0.6 is 0 Å². The van der Waals surface area contributed by atoms with Crippen molar-refractivity contribution < 1.29 is 23.0 Å². The van der Waals surface area contributed by atoms with Gasteiger partial charge in [0.15, 0.2) is 6.10 Å². The molecule has 0 aromatic carbocycles. The van der Waals surface area contributed by atoms with E-state index < -0.39 is 12.3 Å². The highest BCUT2D eigenvalue weighted by atomic mass is 19.4. The predicted molar refractivity (Wildman–Crippen MR) is 56.3 cm³/mol. The van der Waals surface area contributed by atoms with Gasteiger partial charge >= 0.3 is 6.18 Å². The van der Waals surface area contributed by atoms with Crippen molar-refractivity contribution >= 4 is 0 Å². The molecule has 98 valence electrons. The van der Waals surface area contributed by atoms with Crippen molar-refractivity contribution in [3.8, 4) is 0 Å². The highest BCUT2D eigenvalue weighted by molar-refractivity contribution is 4.67. The molecule has 0 spiro atoms. The Bertz CT molecular complexity index is 160. The molecule has 0 saturated carbocycles. The van der Waals surface area contributed by atoms with E-state index in [1.165, 1.54) is 0 Å². The third-order valence-electron chi connectivity index (χ3n) is 2.31. The predicted octanol–water partition coefficient (Wildman–Crippen LogP) is 3.29. The Labute approximate surface area is 94.8 Å². The second kappa shape index (κ2) is 8.82. The highest BCUT2D eigenvalue weighted by Gasteiger charge is 2.39. The summed E-state index contributed by atoms with van der Waals surface area (Å²) < 4.78 is 42.1. The van der Waals surface area contributed by atoms with Crippen molar-refractivity contribution in [1.29, 1.82) is 0 Å². The summed E-state index contributed by atoms with van der Waals surface area (Å²) in [6, 6.07) is 0. The van der Waals surface area contributed by atoms with Gasteiger partial charge in [-0.15, -0.1) is 0 Å². The number of unbranched alkanes of at least 4 members (excludes halogenated alkanes) is 3. The fourth-order valence-electron chi connectivity index (χ4n) is 1.39. The van der Waals surface area contributed by atoms with E-state index in [2.05, 4.69) is 0 Å². The van der Waals surface area contributed by atoms with E-state index in [9.17, 15) is 13.2 Å². The highest BCUT2D eigenvalue weighted by Crippen LogP contribution is 2.27. The number of aliphatic hydroxyl groups is 1. The lowest BCUT2D eigenvalue weighted by molar-refractivity contribution is -0.223. The molecular weight excluding hydrogens is 221 g/mol. The molecule has 0 aromatic heterocycles. The topological polar surface area (TPSA) is 29.5 Å². The Balaban J connectivity index is 3.82. The average Bonchev–Trinajstić information content (AvgIpc) is 2.20. The van der Waals surface area contributed by atoms with Crippen LogP contribution in [0.25, 0.3) is 0 Å². The number of halogens is 3. The number of rotatable bonds is 9. The molecule has 0 radical (unpaired) electrons. The minimum absolute atomic E-state index is 0.0227. The van der Waals surface area contributed by atoms with Crippen molar-refractivity contribution in [2.45, 2.75) is 57.7 Å². The van der Waals surface area contributed by atoms with Crippen molar-refractivity contribution in [2.24, 2.45) is 0 Å². The first-order valence-corrected chi connectivity index (χ1v) is 5.81.